The Morgan fingerprint density at radius 1 is 1.89 bits per heavy atom. The molecule has 4 heteroatoms. The van der Waals surface area contributed by atoms with E-state index in [1.165, 1.54) is 12.2 Å². The third kappa shape index (κ3) is 2.13. The lowest BCUT2D eigenvalue weighted by atomic mass is 10.3. The lowest BCUT2D eigenvalue weighted by Crippen LogP contribution is -2.37. The molecule has 0 aliphatic carbocycles. The first-order valence-electron chi connectivity index (χ1n) is 2.94. The van der Waals surface area contributed by atoms with Crippen molar-refractivity contribution in [3.8, 4) is 0 Å². The summed E-state index contributed by atoms with van der Waals surface area (Å²) in [5, 5.41) is 3.19. The Bertz CT molecular complexity index is 114. The van der Waals surface area contributed by atoms with Crippen molar-refractivity contribution in [1.29, 1.82) is 0 Å². The fourth-order valence-corrected chi connectivity index (χ4v) is 1.43. The molecule has 0 spiro atoms. The Morgan fingerprint density at radius 2 is 2.56 bits per heavy atom. The molecular weight excluding hydrogens is 136 g/mol. The van der Waals surface area contributed by atoms with Crippen LogP contribution in [0.3, 0.4) is 0 Å². The fraction of sp³-hybridized carbons (Fsp3) is 0.800. The van der Waals surface area contributed by atoms with E-state index in [4.69, 9.17) is 5.73 Å². The minimum atomic E-state index is -0.414. The molecule has 1 saturated heterocycles. The van der Waals surface area contributed by atoms with E-state index in [-0.39, 0.29) is 0 Å². The molecule has 3 N–H and O–H groups in total. The van der Waals surface area contributed by atoms with Crippen LogP contribution in [0.4, 0.5) is 4.79 Å². The van der Waals surface area contributed by atoms with Crippen molar-refractivity contribution >= 4 is 17.8 Å². The third-order valence-corrected chi connectivity index (χ3v) is 2.64. The Morgan fingerprint density at radius 3 is 2.89 bits per heavy atom. The van der Waals surface area contributed by atoms with Gasteiger partial charge >= 0.3 is 6.03 Å². The molecule has 1 heterocycles. The van der Waals surface area contributed by atoms with Gasteiger partial charge in [0.2, 0.25) is 0 Å². The third-order valence-electron chi connectivity index (χ3n) is 1.30. The van der Waals surface area contributed by atoms with Gasteiger partial charge in [-0.3, -0.25) is 0 Å². The van der Waals surface area contributed by atoms with Gasteiger partial charge in [-0.15, -0.1) is 0 Å². The molecule has 1 fully saturated rings. The summed E-state index contributed by atoms with van der Waals surface area (Å²) in [4.78, 5) is 10.1. The maximum Gasteiger partial charge on any atom is 0.312 e. The van der Waals surface area contributed by atoms with Gasteiger partial charge in [-0.1, -0.05) is 0 Å². The van der Waals surface area contributed by atoms with E-state index in [1.807, 2.05) is 11.8 Å². The highest BCUT2D eigenvalue weighted by Gasteiger charge is 2.17. The first-order valence-corrected chi connectivity index (χ1v) is 3.99. The van der Waals surface area contributed by atoms with Gasteiger partial charge in [0, 0.05) is 11.8 Å². The molecule has 0 aromatic carbocycles. The van der Waals surface area contributed by atoms with Crippen molar-refractivity contribution in [1.82, 2.24) is 5.32 Å². The van der Waals surface area contributed by atoms with Crippen molar-refractivity contribution in [2.24, 2.45) is 5.73 Å². The van der Waals surface area contributed by atoms with E-state index in [2.05, 4.69) is 5.32 Å². The summed E-state index contributed by atoms with van der Waals surface area (Å²) in [5.74, 6) is 1.23. The van der Waals surface area contributed by atoms with Crippen LogP contribution in [0.15, 0.2) is 0 Å². The van der Waals surface area contributed by atoms with Crippen LogP contribution in [0.5, 0.6) is 0 Å². The molecule has 3 nitrogen and oxygen atoms in total. The Balaban J connectivity index is 1.97. The zero-order chi connectivity index (χ0) is 6.69. The van der Waals surface area contributed by atoms with Crippen LogP contribution in [0.1, 0.15) is 6.42 Å². The van der Waals surface area contributed by atoms with Crippen molar-refractivity contribution in [2.75, 3.05) is 12.3 Å². The molecule has 9 heavy (non-hydrogen) atoms. The SMILES string of the molecule is NC(=O)NCC1CCS1. The molecule has 1 unspecified atom stereocenters. The number of primary amides is 1. The number of carbonyl (C=O) groups excluding carboxylic acids is 1. The van der Waals surface area contributed by atoms with E-state index in [1.54, 1.807) is 0 Å². The van der Waals surface area contributed by atoms with E-state index < -0.39 is 6.03 Å². The second-order valence-electron chi connectivity index (χ2n) is 2.03. The molecule has 0 radical (unpaired) electrons. The highest BCUT2D eigenvalue weighted by atomic mass is 32.2. The smallest absolute Gasteiger partial charge is 0.312 e. The van der Waals surface area contributed by atoms with Gasteiger partial charge < -0.3 is 11.1 Å². The van der Waals surface area contributed by atoms with Crippen LogP contribution in [-0.4, -0.2) is 23.6 Å². The Labute approximate surface area is 58.4 Å². The van der Waals surface area contributed by atoms with Gasteiger partial charge in [0.1, 0.15) is 0 Å². The van der Waals surface area contributed by atoms with Crippen LogP contribution in [0.2, 0.25) is 0 Å². The Kier molecular flexibility index (Phi) is 2.22. The van der Waals surface area contributed by atoms with Crippen LogP contribution < -0.4 is 11.1 Å². The average molecular weight is 146 g/mol. The predicted octanol–water partition coefficient (Wildman–Crippen LogP) is 0.160. The molecule has 1 atom stereocenters. The van der Waals surface area contributed by atoms with E-state index in [9.17, 15) is 4.79 Å². The highest BCUT2D eigenvalue weighted by Crippen LogP contribution is 2.26. The van der Waals surface area contributed by atoms with Crippen LogP contribution in [-0.2, 0) is 0 Å². The molecular formula is C5H10N2OS. The van der Waals surface area contributed by atoms with Gasteiger partial charge in [0.05, 0.1) is 0 Å². The molecule has 2 amide bonds. The lowest BCUT2D eigenvalue weighted by molar-refractivity contribution is 0.249. The monoisotopic (exact) mass is 146 g/mol. The van der Waals surface area contributed by atoms with Gasteiger partial charge in [0.25, 0.3) is 0 Å². The second-order valence-corrected chi connectivity index (χ2v) is 3.43. The summed E-state index contributed by atoms with van der Waals surface area (Å²) in [5.41, 5.74) is 4.86. The normalized spacial score (nSPS) is 24.7. The molecule has 0 bridgehead atoms. The van der Waals surface area contributed by atoms with Crippen molar-refractivity contribution in [3.05, 3.63) is 0 Å². The molecule has 0 aromatic heterocycles. The molecule has 1 aliphatic rings. The van der Waals surface area contributed by atoms with Crippen molar-refractivity contribution in [3.63, 3.8) is 0 Å². The summed E-state index contributed by atoms with van der Waals surface area (Å²) < 4.78 is 0. The average Bonchev–Trinajstić information content (AvgIpc) is 1.60. The van der Waals surface area contributed by atoms with E-state index >= 15 is 0 Å². The number of thioether (sulfide) groups is 1. The molecule has 0 saturated carbocycles. The maximum absolute atomic E-state index is 10.1. The Hall–Kier alpha value is -0.380. The largest absolute Gasteiger partial charge is 0.352 e. The second kappa shape index (κ2) is 2.96. The predicted molar refractivity (Wildman–Crippen MR) is 38.4 cm³/mol. The summed E-state index contributed by atoms with van der Waals surface area (Å²) in [7, 11) is 0. The number of carbonyl (C=O) groups is 1. The molecule has 0 aromatic rings. The zero-order valence-electron chi connectivity index (χ0n) is 5.09. The zero-order valence-corrected chi connectivity index (χ0v) is 5.91. The highest BCUT2D eigenvalue weighted by molar-refractivity contribution is 8.01. The first kappa shape index (κ1) is 6.74. The van der Waals surface area contributed by atoms with E-state index in [0.717, 1.165) is 6.54 Å². The fourth-order valence-electron chi connectivity index (χ4n) is 0.660. The number of rotatable bonds is 2. The van der Waals surface area contributed by atoms with Crippen molar-refractivity contribution < 1.29 is 4.79 Å². The number of nitrogens with two attached hydrogens (primary N) is 1. The van der Waals surface area contributed by atoms with Crippen LogP contribution in [0, 0.1) is 0 Å². The molecule has 1 aliphatic heterocycles. The van der Waals surface area contributed by atoms with Crippen molar-refractivity contribution in [2.45, 2.75) is 11.7 Å². The minimum Gasteiger partial charge on any atom is -0.352 e. The summed E-state index contributed by atoms with van der Waals surface area (Å²) in [6, 6.07) is -0.414. The number of urea groups is 1. The summed E-state index contributed by atoms with van der Waals surface area (Å²) in [6.45, 7) is 0.736. The van der Waals surface area contributed by atoms with Crippen LogP contribution in [0.25, 0.3) is 0 Å². The summed E-state index contributed by atoms with van der Waals surface area (Å²) >= 11 is 1.88. The standard InChI is InChI=1S/C5H10N2OS/c6-5(8)7-3-4-1-2-9-4/h4H,1-3H2,(H3,6,7,8). The summed E-state index contributed by atoms with van der Waals surface area (Å²) in [6.07, 6.45) is 1.21. The minimum absolute atomic E-state index is 0.414. The van der Waals surface area contributed by atoms with Gasteiger partial charge in [-0.2, -0.15) is 11.8 Å². The quantitative estimate of drug-likeness (QED) is 0.583. The number of nitrogens with one attached hydrogen (secondary N) is 1. The molecule has 52 valence electrons. The topological polar surface area (TPSA) is 55.1 Å². The first-order chi connectivity index (χ1) is 4.29. The van der Waals surface area contributed by atoms with Gasteiger partial charge in [-0.25, -0.2) is 4.79 Å². The van der Waals surface area contributed by atoms with Gasteiger partial charge in [-0.05, 0) is 12.2 Å². The lowest BCUT2D eigenvalue weighted by Gasteiger charge is -2.24. The molecule has 1 rings (SSSR count). The van der Waals surface area contributed by atoms with Crippen LogP contribution >= 0.6 is 11.8 Å². The van der Waals surface area contributed by atoms with E-state index in [0.29, 0.717) is 5.25 Å². The number of hydrogen-bond acceptors (Lipinski definition) is 2. The van der Waals surface area contributed by atoms with Gasteiger partial charge in [0.15, 0.2) is 0 Å². The number of hydrogen-bond donors (Lipinski definition) is 2. The number of amides is 2. The maximum atomic E-state index is 10.1.